The molecular weight excluding hydrogens is 344 g/mol. The van der Waals surface area contributed by atoms with Gasteiger partial charge in [0.25, 0.3) is 0 Å². The molecule has 1 heterocycles. The van der Waals surface area contributed by atoms with Crippen molar-refractivity contribution in [1.82, 2.24) is 0 Å². The molecule has 1 atom stereocenters. The summed E-state index contributed by atoms with van der Waals surface area (Å²) < 4.78 is 11.0. The molecule has 1 N–H and O–H groups in total. The Hall–Kier alpha value is -3.02. The molecule has 2 aromatic rings. The van der Waals surface area contributed by atoms with E-state index in [1.54, 1.807) is 17.0 Å². The van der Waals surface area contributed by atoms with Crippen LogP contribution in [0.1, 0.15) is 20.3 Å². The van der Waals surface area contributed by atoms with Gasteiger partial charge in [-0.1, -0.05) is 12.1 Å². The predicted octanol–water partition coefficient (Wildman–Crippen LogP) is 3.48. The Morgan fingerprint density at radius 2 is 1.78 bits per heavy atom. The number of amides is 2. The van der Waals surface area contributed by atoms with Crippen LogP contribution in [-0.4, -0.2) is 31.6 Å². The van der Waals surface area contributed by atoms with Crippen LogP contribution in [0.5, 0.6) is 11.5 Å². The molecule has 27 heavy (non-hydrogen) atoms. The van der Waals surface area contributed by atoms with E-state index in [9.17, 15) is 9.59 Å². The van der Waals surface area contributed by atoms with Crippen molar-refractivity contribution in [2.75, 3.05) is 30.0 Å². The molecule has 0 saturated carbocycles. The van der Waals surface area contributed by atoms with Gasteiger partial charge in [0.1, 0.15) is 11.5 Å². The van der Waals surface area contributed by atoms with Crippen molar-refractivity contribution in [2.24, 2.45) is 5.92 Å². The van der Waals surface area contributed by atoms with E-state index < -0.39 is 5.92 Å². The standard InChI is InChI=1S/C21H24N2O4/c1-3-26-17-11-9-16(10-12-17)22-21(25)15-13-20(24)23(14-15)18-7-5-6-8-19(18)27-4-2/h5-12,15H,3-4,13-14H2,1-2H3,(H,22,25). The fourth-order valence-electron chi connectivity index (χ4n) is 3.12. The highest BCUT2D eigenvalue weighted by Crippen LogP contribution is 2.33. The number of anilines is 2. The van der Waals surface area contributed by atoms with Crippen LogP contribution in [0.2, 0.25) is 0 Å². The second-order valence-electron chi connectivity index (χ2n) is 6.25. The first kappa shape index (κ1) is 18.8. The molecule has 1 saturated heterocycles. The lowest BCUT2D eigenvalue weighted by atomic mass is 10.1. The summed E-state index contributed by atoms with van der Waals surface area (Å²) in [5, 5.41) is 2.88. The number of nitrogens with zero attached hydrogens (tertiary/aromatic N) is 1. The minimum atomic E-state index is -0.404. The average Bonchev–Trinajstić information content (AvgIpc) is 3.06. The second kappa shape index (κ2) is 8.58. The van der Waals surface area contributed by atoms with Crippen LogP contribution in [0.4, 0.5) is 11.4 Å². The van der Waals surface area contributed by atoms with Crippen molar-refractivity contribution >= 4 is 23.2 Å². The Labute approximate surface area is 159 Å². The van der Waals surface area contributed by atoms with E-state index in [-0.39, 0.29) is 18.2 Å². The normalized spacial score (nSPS) is 16.3. The summed E-state index contributed by atoms with van der Waals surface area (Å²) in [4.78, 5) is 26.7. The molecule has 6 heteroatoms. The number of carbonyl (C=O) groups is 2. The molecule has 142 valence electrons. The van der Waals surface area contributed by atoms with E-state index in [1.165, 1.54) is 0 Å². The maximum atomic E-state index is 12.6. The smallest absolute Gasteiger partial charge is 0.229 e. The first-order valence-electron chi connectivity index (χ1n) is 9.18. The van der Waals surface area contributed by atoms with Crippen molar-refractivity contribution in [3.63, 3.8) is 0 Å². The third kappa shape index (κ3) is 4.39. The zero-order valence-corrected chi connectivity index (χ0v) is 15.6. The Balaban J connectivity index is 1.67. The number of nitrogens with one attached hydrogen (secondary N) is 1. The minimum absolute atomic E-state index is 0.0750. The van der Waals surface area contributed by atoms with Gasteiger partial charge in [-0.15, -0.1) is 0 Å². The van der Waals surface area contributed by atoms with Crippen molar-refractivity contribution < 1.29 is 19.1 Å². The highest BCUT2D eigenvalue weighted by molar-refractivity contribution is 6.04. The van der Waals surface area contributed by atoms with Crippen LogP contribution in [-0.2, 0) is 9.59 Å². The van der Waals surface area contributed by atoms with Gasteiger partial charge in [0.2, 0.25) is 11.8 Å². The fraction of sp³-hybridized carbons (Fsp3) is 0.333. The molecule has 6 nitrogen and oxygen atoms in total. The molecule has 0 spiro atoms. The molecule has 1 unspecified atom stereocenters. The molecule has 2 aromatic carbocycles. The first-order valence-corrected chi connectivity index (χ1v) is 9.18. The van der Waals surface area contributed by atoms with Gasteiger partial charge >= 0.3 is 0 Å². The van der Waals surface area contributed by atoms with Gasteiger partial charge in [-0.25, -0.2) is 0 Å². The van der Waals surface area contributed by atoms with Crippen molar-refractivity contribution in [3.8, 4) is 11.5 Å². The lowest BCUT2D eigenvalue weighted by Gasteiger charge is -2.20. The first-order chi connectivity index (χ1) is 13.1. The average molecular weight is 368 g/mol. The Morgan fingerprint density at radius 1 is 1.07 bits per heavy atom. The predicted molar refractivity (Wildman–Crippen MR) is 104 cm³/mol. The Kier molecular flexibility index (Phi) is 5.96. The summed E-state index contributed by atoms with van der Waals surface area (Å²) in [6.07, 6.45) is 0.184. The van der Waals surface area contributed by atoms with Crippen molar-refractivity contribution in [1.29, 1.82) is 0 Å². The van der Waals surface area contributed by atoms with Gasteiger partial charge in [-0.2, -0.15) is 0 Å². The number of benzene rings is 2. The molecule has 0 aliphatic carbocycles. The molecule has 0 radical (unpaired) electrons. The fourth-order valence-corrected chi connectivity index (χ4v) is 3.12. The topological polar surface area (TPSA) is 67.9 Å². The van der Waals surface area contributed by atoms with Gasteiger partial charge in [0.05, 0.1) is 24.8 Å². The largest absolute Gasteiger partial charge is 0.494 e. The number of rotatable bonds is 7. The monoisotopic (exact) mass is 368 g/mol. The van der Waals surface area contributed by atoms with Crippen LogP contribution in [0.25, 0.3) is 0 Å². The molecule has 2 amide bonds. The van der Waals surface area contributed by atoms with E-state index in [1.807, 2.05) is 50.2 Å². The van der Waals surface area contributed by atoms with E-state index in [0.717, 1.165) is 5.75 Å². The summed E-state index contributed by atoms with van der Waals surface area (Å²) >= 11 is 0. The summed E-state index contributed by atoms with van der Waals surface area (Å²) in [5.41, 5.74) is 1.39. The number of hydrogen-bond acceptors (Lipinski definition) is 4. The Bertz CT molecular complexity index is 804. The zero-order valence-electron chi connectivity index (χ0n) is 15.6. The van der Waals surface area contributed by atoms with Gasteiger partial charge in [0.15, 0.2) is 0 Å². The molecule has 1 aliphatic heterocycles. The van der Waals surface area contributed by atoms with E-state index in [2.05, 4.69) is 5.32 Å². The second-order valence-corrected chi connectivity index (χ2v) is 6.25. The molecule has 1 aliphatic rings. The quantitative estimate of drug-likeness (QED) is 0.812. The van der Waals surface area contributed by atoms with Crippen LogP contribution < -0.4 is 19.7 Å². The molecule has 0 aromatic heterocycles. The lowest BCUT2D eigenvalue weighted by molar-refractivity contribution is -0.122. The highest BCUT2D eigenvalue weighted by atomic mass is 16.5. The zero-order chi connectivity index (χ0) is 19.2. The van der Waals surface area contributed by atoms with Crippen LogP contribution in [0.3, 0.4) is 0 Å². The molecule has 0 bridgehead atoms. The third-order valence-electron chi connectivity index (χ3n) is 4.38. The van der Waals surface area contributed by atoms with Crippen molar-refractivity contribution in [3.05, 3.63) is 48.5 Å². The van der Waals surface area contributed by atoms with Crippen LogP contribution in [0, 0.1) is 5.92 Å². The van der Waals surface area contributed by atoms with E-state index in [0.29, 0.717) is 36.9 Å². The summed E-state index contributed by atoms with van der Waals surface area (Å²) in [6.45, 7) is 5.26. The molecule has 3 rings (SSSR count). The molecular formula is C21H24N2O4. The number of para-hydroxylation sites is 2. The Morgan fingerprint density at radius 3 is 2.48 bits per heavy atom. The SMILES string of the molecule is CCOc1ccc(NC(=O)C2CC(=O)N(c3ccccc3OCC)C2)cc1. The van der Waals surface area contributed by atoms with E-state index in [4.69, 9.17) is 9.47 Å². The number of ether oxygens (including phenoxy) is 2. The maximum Gasteiger partial charge on any atom is 0.229 e. The van der Waals surface area contributed by atoms with Crippen molar-refractivity contribution in [2.45, 2.75) is 20.3 Å². The van der Waals surface area contributed by atoms with Gasteiger partial charge in [0, 0.05) is 18.7 Å². The number of hydrogen-bond donors (Lipinski definition) is 1. The minimum Gasteiger partial charge on any atom is -0.494 e. The summed E-state index contributed by atoms with van der Waals surface area (Å²) in [6, 6.07) is 14.6. The third-order valence-corrected chi connectivity index (χ3v) is 4.38. The van der Waals surface area contributed by atoms with Crippen LogP contribution in [0.15, 0.2) is 48.5 Å². The van der Waals surface area contributed by atoms with Gasteiger partial charge < -0.3 is 19.7 Å². The molecule has 1 fully saturated rings. The van der Waals surface area contributed by atoms with E-state index >= 15 is 0 Å². The summed E-state index contributed by atoms with van der Waals surface area (Å²) in [7, 11) is 0. The lowest BCUT2D eigenvalue weighted by Crippen LogP contribution is -2.28. The van der Waals surface area contributed by atoms with Crippen LogP contribution >= 0.6 is 0 Å². The van der Waals surface area contributed by atoms with Gasteiger partial charge in [-0.3, -0.25) is 9.59 Å². The summed E-state index contributed by atoms with van der Waals surface area (Å²) in [5.74, 6) is 0.766. The van der Waals surface area contributed by atoms with Gasteiger partial charge in [-0.05, 0) is 50.2 Å². The maximum absolute atomic E-state index is 12.6. The highest BCUT2D eigenvalue weighted by Gasteiger charge is 2.36. The number of carbonyl (C=O) groups excluding carboxylic acids is 2.